The summed E-state index contributed by atoms with van der Waals surface area (Å²) >= 11 is 0. The number of hydrogen-bond donors (Lipinski definition) is 1. The second-order valence-electron chi connectivity index (χ2n) is 5.83. The van der Waals surface area contributed by atoms with E-state index in [1.165, 1.54) is 6.08 Å². The highest BCUT2D eigenvalue weighted by atomic mass is 16.2. The number of allylic oxidation sites excluding steroid dienone is 1. The van der Waals surface area contributed by atoms with Crippen LogP contribution in [0.4, 0.5) is 5.69 Å². The maximum Gasteiger partial charge on any atom is 0.245 e. The Hall–Kier alpha value is -2.94. The van der Waals surface area contributed by atoms with Gasteiger partial charge in [-0.1, -0.05) is 25.1 Å². The molecule has 1 heterocycles. The molecule has 1 N–H and O–H groups in total. The maximum atomic E-state index is 12.0. The van der Waals surface area contributed by atoms with E-state index in [2.05, 4.69) is 5.32 Å². The summed E-state index contributed by atoms with van der Waals surface area (Å²) in [6.45, 7) is 3.05. The number of nitrogens with one attached hydrogen (secondary N) is 1. The highest BCUT2D eigenvalue weighted by Gasteiger charge is 2.24. The number of carbonyl (C=O) groups excluding carboxylic acids is 3. The van der Waals surface area contributed by atoms with Crippen molar-refractivity contribution in [1.82, 2.24) is 5.32 Å². The molecular formula is C19H21N3O3. The van der Waals surface area contributed by atoms with Gasteiger partial charge >= 0.3 is 0 Å². The first-order valence-electron chi connectivity index (χ1n) is 8.36. The number of ketones is 1. The van der Waals surface area contributed by atoms with Crippen molar-refractivity contribution in [3.63, 3.8) is 0 Å². The average molecular weight is 339 g/mol. The van der Waals surface area contributed by atoms with Crippen LogP contribution in [0.15, 0.2) is 30.3 Å². The van der Waals surface area contributed by atoms with Crippen LogP contribution in [0.3, 0.4) is 0 Å². The summed E-state index contributed by atoms with van der Waals surface area (Å²) in [4.78, 5) is 37.3. The van der Waals surface area contributed by atoms with Crippen molar-refractivity contribution in [2.24, 2.45) is 5.92 Å². The lowest BCUT2D eigenvalue weighted by atomic mass is 10.0. The molecule has 1 aliphatic heterocycles. The van der Waals surface area contributed by atoms with Gasteiger partial charge in [0, 0.05) is 25.2 Å². The van der Waals surface area contributed by atoms with Gasteiger partial charge in [0.15, 0.2) is 11.7 Å². The quantitative estimate of drug-likeness (QED) is 0.608. The Morgan fingerprint density at radius 3 is 2.64 bits per heavy atom. The second-order valence-corrected chi connectivity index (χ2v) is 5.83. The van der Waals surface area contributed by atoms with Crippen molar-refractivity contribution in [3.8, 4) is 6.07 Å². The molecule has 2 rings (SSSR count). The van der Waals surface area contributed by atoms with E-state index in [-0.39, 0.29) is 5.91 Å². The maximum absolute atomic E-state index is 12.0. The van der Waals surface area contributed by atoms with Crippen molar-refractivity contribution >= 4 is 29.4 Å². The van der Waals surface area contributed by atoms with Crippen LogP contribution < -0.4 is 10.2 Å². The lowest BCUT2D eigenvalue weighted by molar-refractivity contribution is -0.129. The summed E-state index contributed by atoms with van der Waals surface area (Å²) in [5.41, 5.74) is 1.59. The molecule has 1 aromatic carbocycles. The molecule has 6 nitrogen and oxygen atoms in total. The van der Waals surface area contributed by atoms with E-state index in [0.29, 0.717) is 13.0 Å². The fourth-order valence-electron chi connectivity index (χ4n) is 2.56. The number of nitrogens with zero attached hydrogens (tertiary/aromatic N) is 2. The summed E-state index contributed by atoms with van der Waals surface area (Å²) < 4.78 is 0. The third kappa shape index (κ3) is 4.77. The molecule has 1 saturated heterocycles. The van der Waals surface area contributed by atoms with E-state index >= 15 is 0 Å². The number of carbonyl (C=O) groups is 3. The largest absolute Gasteiger partial charge is 0.355 e. The zero-order valence-corrected chi connectivity index (χ0v) is 14.2. The van der Waals surface area contributed by atoms with Gasteiger partial charge in [0.25, 0.3) is 0 Å². The van der Waals surface area contributed by atoms with Crippen molar-refractivity contribution in [2.75, 3.05) is 18.0 Å². The van der Waals surface area contributed by atoms with E-state index in [4.69, 9.17) is 5.26 Å². The Morgan fingerprint density at radius 2 is 2.08 bits per heavy atom. The van der Waals surface area contributed by atoms with Crippen molar-refractivity contribution in [1.29, 1.82) is 5.26 Å². The van der Waals surface area contributed by atoms with E-state index in [1.807, 2.05) is 19.1 Å². The molecule has 0 radical (unpaired) electrons. The minimum atomic E-state index is -1.33. The summed E-state index contributed by atoms with van der Waals surface area (Å²) in [7, 11) is 0. The molecule has 130 valence electrons. The Balaban J connectivity index is 2.00. The fourth-order valence-corrected chi connectivity index (χ4v) is 2.56. The number of hydrogen-bond acceptors (Lipinski definition) is 4. The summed E-state index contributed by atoms with van der Waals surface area (Å²) in [5.74, 6) is -2.32. The van der Waals surface area contributed by atoms with Crippen LogP contribution in [0.25, 0.3) is 6.08 Å². The fraction of sp³-hybridized carbons (Fsp3) is 0.368. The molecule has 2 amide bonds. The molecule has 0 spiro atoms. The molecule has 1 fully saturated rings. The van der Waals surface area contributed by atoms with Gasteiger partial charge in [-0.25, -0.2) is 0 Å². The summed E-state index contributed by atoms with van der Waals surface area (Å²) in [6, 6.07) is 8.98. The molecule has 0 aromatic heterocycles. The Morgan fingerprint density at radius 1 is 1.36 bits per heavy atom. The second kappa shape index (κ2) is 8.78. The Kier molecular flexibility index (Phi) is 6.47. The number of rotatable bonds is 7. The molecule has 0 saturated carbocycles. The molecule has 1 aliphatic rings. The first-order chi connectivity index (χ1) is 12.1. The van der Waals surface area contributed by atoms with E-state index in [0.717, 1.165) is 30.6 Å². The monoisotopic (exact) mass is 339 g/mol. The van der Waals surface area contributed by atoms with Crippen molar-refractivity contribution < 1.29 is 14.4 Å². The molecule has 1 aromatic rings. The van der Waals surface area contributed by atoms with Crippen LogP contribution in [0.5, 0.6) is 0 Å². The van der Waals surface area contributed by atoms with Gasteiger partial charge < -0.3 is 10.2 Å². The van der Waals surface area contributed by atoms with Crippen molar-refractivity contribution in [3.05, 3.63) is 35.9 Å². The lowest BCUT2D eigenvalue weighted by Crippen LogP contribution is -2.34. The van der Waals surface area contributed by atoms with Gasteiger partial charge in [0.2, 0.25) is 11.8 Å². The number of benzene rings is 1. The van der Waals surface area contributed by atoms with Gasteiger partial charge in [0.05, 0.1) is 6.07 Å². The third-order valence-corrected chi connectivity index (χ3v) is 3.94. The normalized spacial score (nSPS) is 15.2. The standard InChI is InChI=1S/C19H21N3O3/c1-2-11-21-19(25)16(13-20)17(23)10-7-14-5-8-15(9-6-14)22-12-3-4-18(22)24/h5-10,16H,2-4,11-12H2,1H3,(H,21,25)/b10-7+. The Labute approximate surface area is 147 Å². The first kappa shape index (κ1) is 18.4. The lowest BCUT2D eigenvalue weighted by Gasteiger charge is -2.15. The molecule has 1 unspecified atom stereocenters. The van der Waals surface area contributed by atoms with Crippen LogP contribution in [-0.2, 0) is 14.4 Å². The SMILES string of the molecule is CCCNC(=O)C(C#N)C(=O)/C=C/c1ccc(N2CCCC2=O)cc1. The van der Waals surface area contributed by atoms with Crippen LogP contribution >= 0.6 is 0 Å². The zero-order chi connectivity index (χ0) is 18.2. The zero-order valence-electron chi connectivity index (χ0n) is 14.2. The summed E-state index contributed by atoms with van der Waals surface area (Å²) in [6.07, 6.45) is 4.99. The highest BCUT2D eigenvalue weighted by molar-refractivity contribution is 6.10. The van der Waals surface area contributed by atoms with E-state index in [9.17, 15) is 14.4 Å². The average Bonchev–Trinajstić information content (AvgIpc) is 3.05. The summed E-state index contributed by atoms with van der Waals surface area (Å²) in [5, 5.41) is 11.6. The molecule has 6 heteroatoms. The van der Waals surface area contributed by atoms with E-state index < -0.39 is 17.6 Å². The molecular weight excluding hydrogens is 318 g/mol. The number of anilines is 1. The van der Waals surface area contributed by atoms with E-state index in [1.54, 1.807) is 29.2 Å². The molecule has 0 aliphatic carbocycles. The van der Waals surface area contributed by atoms with Gasteiger partial charge in [-0.3, -0.25) is 14.4 Å². The molecule has 25 heavy (non-hydrogen) atoms. The van der Waals surface area contributed by atoms with Gasteiger partial charge in [-0.2, -0.15) is 5.26 Å². The van der Waals surface area contributed by atoms with Crippen molar-refractivity contribution in [2.45, 2.75) is 26.2 Å². The molecule has 1 atom stereocenters. The van der Waals surface area contributed by atoms with Gasteiger partial charge in [0.1, 0.15) is 0 Å². The topological polar surface area (TPSA) is 90.3 Å². The molecule has 0 bridgehead atoms. The highest BCUT2D eigenvalue weighted by Crippen LogP contribution is 2.21. The predicted molar refractivity (Wildman–Crippen MR) is 94.5 cm³/mol. The third-order valence-electron chi connectivity index (χ3n) is 3.94. The van der Waals surface area contributed by atoms with Gasteiger partial charge in [-0.05, 0) is 36.6 Å². The Bertz CT molecular complexity index is 716. The minimum Gasteiger partial charge on any atom is -0.355 e. The number of nitriles is 1. The van der Waals surface area contributed by atoms with Crippen LogP contribution in [0.2, 0.25) is 0 Å². The van der Waals surface area contributed by atoms with Gasteiger partial charge in [-0.15, -0.1) is 0 Å². The first-order valence-corrected chi connectivity index (χ1v) is 8.36. The predicted octanol–water partition coefficient (Wildman–Crippen LogP) is 2.06. The van der Waals surface area contributed by atoms with Crippen LogP contribution in [-0.4, -0.2) is 30.7 Å². The minimum absolute atomic E-state index is 0.119. The van der Waals surface area contributed by atoms with Crippen LogP contribution in [0, 0.1) is 17.2 Å². The smallest absolute Gasteiger partial charge is 0.245 e. The van der Waals surface area contributed by atoms with Crippen LogP contribution in [0.1, 0.15) is 31.7 Å². The number of amides is 2.